The molecule has 38 valence electrons. The van der Waals surface area contributed by atoms with Crippen LogP contribution in [0, 0.1) is 0 Å². The van der Waals surface area contributed by atoms with E-state index in [0.29, 0.717) is 0 Å². The van der Waals surface area contributed by atoms with E-state index in [2.05, 4.69) is 5.32 Å². The molecule has 0 aromatic carbocycles. The number of hydrogen-bond donors (Lipinski definition) is 1. The zero-order chi connectivity index (χ0) is 2.71. The first-order valence-electron chi connectivity index (χ1n) is 1.00. The maximum atomic E-state index is 2.75. The minimum Gasteiger partial charge on any atom is -1.00 e. The fraction of sp³-hybridized carbons (Fsp3) is 1.00. The molecule has 0 aromatic rings. The third-order valence-corrected chi connectivity index (χ3v) is 0. The first-order valence-corrected chi connectivity index (χ1v) is 1.00. The van der Waals surface area contributed by atoms with Crippen LogP contribution in [0.15, 0.2) is 0 Å². The van der Waals surface area contributed by atoms with Crippen molar-refractivity contribution in [3.63, 3.8) is 0 Å². The molecule has 0 bridgehead atoms. The van der Waals surface area contributed by atoms with Gasteiger partial charge in [-0.15, -0.1) is 0 Å². The predicted octanol–water partition coefficient (Wildman–Crippen LogP) is -3.16. The normalized spacial score (nSPS) is 3.60. The second-order valence-electron chi connectivity index (χ2n) is 0.500. The van der Waals surface area contributed by atoms with Gasteiger partial charge < -0.3 is 22.3 Å². The van der Waals surface area contributed by atoms with Gasteiger partial charge in [0.2, 0.25) is 0 Å². The molecule has 0 aliphatic rings. The monoisotopic (exact) mass is 231 g/mol. The van der Waals surface area contributed by atoms with E-state index in [1.807, 2.05) is 14.1 Å². The van der Waals surface area contributed by atoms with Crippen LogP contribution in [-0.2, 0) is 22.4 Å². The molecule has 0 rings (SSSR count). The molecule has 1 N–H and O–H groups in total. The Bertz CT molecular complexity index is 9.61. The molecule has 0 fully saturated rings. The van der Waals surface area contributed by atoms with E-state index in [4.69, 9.17) is 0 Å². The molecule has 0 saturated heterocycles. The van der Waals surface area contributed by atoms with Crippen molar-refractivity contribution >= 4 is 0 Å². The summed E-state index contributed by atoms with van der Waals surface area (Å²) < 4.78 is 0. The van der Waals surface area contributed by atoms with Gasteiger partial charge in [0.1, 0.15) is 0 Å². The van der Waals surface area contributed by atoms with Crippen molar-refractivity contribution in [1.82, 2.24) is 5.32 Å². The molecule has 0 aliphatic carbocycles. The summed E-state index contributed by atoms with van der Waals surface area (Å²) >= 11 is 0. The summed E-state index contributed by atoms with van der Waals surface area (Å²) in [5.41, 5.74) is 0. The van der Waals surface area contributed by atoms with Crippen LogP contribution in [0.25, 0.3) is 0 Å². The number of nitrogens with one attached hydrogen (secondary N) is 1. The zero-order valence-corrected chi connectivity index (χ0v) is 6.25. The third kappa shape index (κ3) is 37.6. The van der Waals surface area contributed by atoms with Crippen molar-refractivity contribution in [1.29, 1.82) is 0 Å². The second-order valence-corrected chi connectivity index (χ2v) is 0.500. The summed E-state index contributed by atoms with van der Waals surface area (Å²) in [6.45, 7) is 0. The standard InChI is InChI=1S/C2H7N.Ag.BrH/c1-3-2;;/h3H,1-2H3;;1H/q;+1;/p-1. The van der Waals surface area contributed by atoms with Gasteiger partial charge in [0.15, 0.2) is 0 Å². The van der Waals surface area contributed by atoms with Crippen LogP contribution in [-0.4, -0.2) is 14.1 Å². The molecular weight excluding hydrogens is 226 g/mol. The van der Waals surface area contributed by atoms with Gasteiger partial charge in [-0.25, -0.2) is 0 Å². The fourth-order valence-corrected chi connectivity index (χ4v) is 0. The van der Waals surface area contributed by atoms with Gasteiger partial charge in [-0.1, -0.05) is 0 Å². The van der Waals surface area contributed by atoms with Crippen LogP contribution < -0.4 is 22.3 Å². The van der Waals surface area contributed by atoms with E-state index in [1.54, 1.807) is 0 Å². The van der Waals surface area contributed by atoms with E-state index >= 15 is 0 Å². The molecule has 5 heavy (non-hydrogen) atoms. The summed E-state index contributed by atoms with van der Waals surface area (Å²) in [5.74, 6) is 0. The quantitative estimate of drug-likeness (QED) is 0.435. The van der Waals surface area contributed by atoms with Gasteiger partial charge in [-0.05, 0) is 14.1 Å². The molecule has 3 heteroatoms. The summed E-state index contributed by atoms with van der Waals surface area (Å²) in [7, 11) is 3.75. The van der Waals surface area contributed by atoms with Crippen molar-refractivity contribution in [2.45, 2.75) is 0 Å². The van der Waals surface area contributed by atoms with E-state index in [-0.39, 0.29) is 39.4 Å². The molecular formula is C2H7AgBrN. The topological polar surface area (TPSA) is 12.0 Å². The largest absolute Gasteiger partial charge is 1.00 e. The molecule has 0 amide bonds. The van der Waals surface area contributed by atoms with Crippen LogP contribution in [0.3, 0.4) is 0 Å². The molecule has 0 saturated carbocycles. The van der Waals surface area contributed by atoms with Crippen molar-refractivity contribution in [3.8, 4) is 0 Å². The predicted molar refractivity (Wildman–Crippen MR) is 15.0 cm³/mol. The Labute approximate surface area is 58.8 Å². The number of rotatable bonds is 0. The Morgan fingerprint density at radius 2 is 1.20 bits per heavy atom. The molecule has 1 nitrogen and oxygen atoms in total. The van der Waals surface area contributed by atoms with E-state index in [0.717, 1.165) is 0 Å². The molecule has 0 aromatic heterocycles. The molecule has 0 radical (unpaired) electrons. The molecule has 0 spiro atoms. The Hall–Kier alpha value is 1.18. The van der Waals surface area contributed by atoms with Gasteiger partial charge in [-0.2, -0.15) is 0 Å². The van der Waals surface area contributed by atoms with Crippen molar-refractivity contribution in [2.24, 2.45) is 0 Å². The van der Waals surface area contributed by atoms with E-state index < -0.39 is 0 Å². The maximum Gasteiger partial charge on any atom is 1.00 e. The summed E-state index contributed by atoms with van der Waals surface area (Å²) in [4.78, 5) is 0. The molecule has 0 unspecified atom stereocenters. The average molecular weight is 233 g/mol. The fourth-order valence-electron chi connectivity index (χ4n) is 0. The number of hydrogen-bond acceptors (Lipinski definition) is 1. The summed E-state index contributed by atoms with van der Waals surface area (Å²) in [6, 6.07) is 0. The van der Waals surface area contributed by atoms with Gasteiger partial charge >= 0.3 is 22.4 Å². The smallest absolute Gasteiger partial charge is 1.00 e. The molecule has 0 atom stereocenters. The Morgan fingerprint density at radius 3 is 1.20 bits per heavy atom. The van der Waals surface area contributed by atoms with Crippen molar-refractivity contribution in [2.75, 3.05) is 14.1 Å². The minimum absolute atomic E-state index is 0. The zero-order valence-electron chi connectivity index (χ0n) is 3.18. The van der Waals surface area contributed by atoms with Crippen molar-refractivity contribution in [3.05, 3.63) is 0 Å². The average Bonchev–Trinajstić information content (AvgIpc) is 0.918. The molecule has 0 aliphatic heterocycles. The van der Waals surface area contributed by atoms with Crippen LogP contribution in [0.4, 0.5) is 0 Å². The van der Waals surface area contributed by atoms with Crippen LogP contribution in [0.2, 0.25) is 0 Å². The Kier molecular flexibility index (Phi) is 62.5. The second kappa shape index (κ2) is 19.0. The SMILES string of the molecule is CNC.[Ag+].[Br-]. The van der Waals surface area contributed by atoms with Crippen LogP contribution >= 0.6 is 0 Å². The first kappa shape index (κ1) is 16.4. The Balaban J connectivity index is -0.0000000200. The van der Waals surface area contributed by atoms with Crippen molar-refractivity contribution < 1.29 is 39.4 Å². The summed E-state index contributed by atoms with van der Waals surface area (Å²) in [5, 5.41) is 2.75. The first-order chi connectivity index (χ1) is 1.41. The summed E-state index contributed by atoms with van der Waals surface area (Å²) in [6.07, 6.45) is 0. The number of halogens is 1. The molecule has 0 heterocycles. The third-order valence-electron chi connectivity index (χ3n) is 0. The van der Waals surface area contributed by atoms with Gasteiger partial charge in [0.05, 0.1) is 0 Å². The van der Waals surface area contributed by atoms with Gasteiger partial charge in [-0.3, -0.25) is 0 Å². The van der Waals surface area contributed by atoms with Crippen LogP contribution in [0.1, 0.15) is 0 Å². The Morgan fingerprint density at radius 1 is 1.20 bits per heavy atom. The van der Waals surface area contributed by atoms with Gasteiger partial charge in [0, 0.05) is 0 Å². The van der Waals surface area contributed by atoms with E-state index in [1.165, 1.54) is 0 Å². The van der Waals surface area contributed by atoms with Crippen LogP contribution in [0.5, 0.6) is 0 Å². The minimum atomic E-state index is 0. The maximum absolute atomic E-state index is 2.75. The van der Waals surface area contributed by atoms with Gasteiger partial charge in [0.25, 0.3) is 0 Å². The van der Waals surface area contributed by atoms with E-state index in [9.17, 15) is 0 Å².